The number of ether oxygens (including phenoxy) is 1. The van der Waals surface area contributed by atoms with Crippen molar-refractivity contribution in [2.45, 2.75) is 50.6 Å². The number of ketones is 1. The number of piperazine rings is 1. The van der Waals surface area contributed by atoms with Gasteiger partial charge in [-0.15, -0.1) is 0 Å². The lowest BCUT2D eigenvalue weighted by atomic mass is 9.94. The first-order chi connectivity index (χ1) is 14.0. The van der Waals surface area contributed by atoms with Crippen LogP contribution in [-0.4, -0.2) is 84.5 Å². The van der Waals surface area contributed by atoms with Gasteiger partial charge in [-0.1, -0.05) is 0 Å². The van der Waals surface area contributed by atoms with Crippen LogP contribution < -0.4 is 9.64 Å². The van der Waals surface area contributed by atoms with Crippen molar-refractivity contribution in [3.05, 3.63) is 11.3 Å². The normalized spacial score (nSPS) is 25.7. The number of aromatic nitrogens is 2. The van der Waals surface area contributed by atoms with E-state index in [9.17, 15) is 10.1 Å². The number of anilines is 1. The van der Waals surface area contributed by atoms with Gasteiger partial charge in [-0.2, -0.15) is 15.2 Å². The molecular weight excluding hydrogens is 368 g/mol. The SMILES string of the molecule is CN1CCC[C@H]1COc1nc2c(c(N3CCN(C)[C@@H](CC#N)C3)n1)CCC(=O)C2. The first kappa shape index (κ1) is 20.0. The molecule has 2 saturated heterocycles. The standard InChI is InChI=1S/C21H30N6O2/c1-25-9-3-4-16(25)14-29-21-23-19-12-17(28)5-6-18(19)20(24-21)27-11-10-26(2)15(13-27)7-8-22/h15-16H,3-7,9-14H2,1-2H3/t15-,16-/m0/s1. The predicted octanol–water partition coefficient (Wildman–Crippen LogP) is 1.04. The Labute approximate surface area is 172 Å². The third kappa shape index (κ3) is 4.36. The third-order valence-corrected chi connectivity index (χ3v) is 6.55. The number of Topliss-reactive ketones (excluding diaryl/α,β-unsaturated/α-hetero) is 1. The second-order valence-electron chi connectivity index (χ2n) is 8.50. The molecule has 0 N–H and O–H groups in total. The van der Waals surface area contributed by atoms with E-state index in [1.807, 2.05) is 0 Å². The van der Waals surface area contributed by atoms with Crippen LogP contribution >= 0.6 is 0 Å². The molecule has 0 spiro atoms. The molecule has 0 saturated carbocycles. The maximum Gasteiger partial charge on any atom is 0.318 e. The van der Waals surface area contributed by atoms with E-state index in [2.05, 4.69) is 39.8 Å². The van der Waals surface area contributed by atoms with E-state index in [4.69, 9.17) is 9.72 Å². The van der Waals surface area contributed by atoms with Crippen molar-refractivity contribution in [2.75, 3.05) is 51.8 Å². The van der Waals surface area contributed by atoms with Crippen molar-refractivity contribution < 1.29 is 9.53 Å². The molecule has 8 nitrogen and oxygen atoms in total. The minimum absolute atomic E-state index is 0.182. The lowest BCUT2D eigenvalue weighted by Gasteiger charge is -2.40. The van der Waals surface area contributed by atoms with E-state index in [0.717, 1.165) is 49.7 Å². The number of carbonyl (C=O) groups is 1. The fourth-order valence-electron chi connectivity index (χ4n) is 4.59. The summed E-state index contributed by atoms with van der Waals surface area (Å²) in [6.07, 6.45) is 4.41. The Kier molecular flexibility index (Phi) is 5.97. The third-order valence-electron chi connectivity index (χ3n) is 6.55. The molecule has 1 aromatic heterocycles. The number of nitrogens with zero attached hydrogens (tertiary/aromatic N) is 6. The Morgan fingerprint density at radius 3 is 2.72 bits per heavy atom. The van der Waals surface area contributed by atoms with Crippen molar-refractivity contribution in [2.24, 2.45) is 0 Å². The number of fused-ring (bicyclic) bond motifs is 1. The highest BCUT2D eigenvalue weighted by Gasteiger charge is 2.30. The van der Waals surface area contributed by atoms with Gasteiger partial charge in [0.1, 0.15) is 18.2 Å². The molecule has 0 amide bonds. The van der Waals surface area contributed by atoms with Crippen LogP contribution in [0.25, 0.3) is 0 Å². The fourth-order valence-corrected chi connectivity index (χ4v) is 4.59. The summed E-state index contributed by atoms with van der Waals surface area (Å²) in [6, 6.07) is 3.25. The van der Waals surface area contributed by atoms with Crippen LogP contribution in [0.15, 0.2) is 0 Å². The van der Waals surface area contributed by atoms with Gasteiger partial charge in [-0.25, -0.2) is 0 Å². The molecule has 2 atom stereocenters. The Balaban J connectivity index is 1.58. The molecule has 3 aliphatic rings. The molecule has 1 aromatic rings. The number of hydrogen-bond acceptors (Lipinski definition) is 8. The minimum atomic E-state index is 0.182. The lowest BCUT2D eigenvalue weighted by Crippen LogP contribution is -2.52. The number of nitriles is 1. The average molecular weight is 399 g/mol. The van der Waals surface area contributed by atoms with E-state index in [1.165, 1.54) is 6.42 Å². The highest BCUT2D eigenvalue weighted by Crippen LogP contribution is 2.30. The van der Waals surface area contributed by atoms with Crippen LogP contribution in [0.3, 0.4) is 0 Å². The van der Waals surface area contributed by atoms with E-state index in [0.29, 0.717) is 44.3 Å². The van der Waals surface area contributed by atoms with Crippen molar-refractivity contribution in [1.29, 1.82) is 5.26 Å². The van der Waals surface area contributed by atoms with Gasteiger partial charge in [0.15, 0.2) is 0 Å². The summed E-state index contributed by atoms with van der Waals surface area (Å²) in [5.41, 5.74) is 1.90. The topological polar surface area (TPSA) is 85.6 Å². The fraction of sp³-hybridized carbons (Fsp3) is 0.714. The van der Waals surface area contributed by atoms with Crippen LogP contribution in [0.5, 0.6) is 6.01 Å². The second kappa shape index (κ2) is 8.64. The van der Waals surface area contributed by atoms with Gasteiger partial charge in [0.2, 0.25) is 0 Å². The molecule has 2 aliphatic heterocycles. The molecule has 1 aliphatic carbocycles. The van der Waals surface area contributed by atoms with Gasteiger partial charge in [0.25, 0.3) is 0 Å². The number of likely N-dealkylation sites (N-methyl/N-ethyl adjacent to an activating group) is 2. The maximum absolute atomic E-state index is 12.1. The molecule has 8 heteroatoms. The number of likely N-dealkylation sites (tertiary alicyclic amines) is 1. The quantitative estimate of drug-likeness (QED) is 0.727. The molecule has 2 fully saturated rings. The second-order valence-corrected chi connectivity index (χ2v) is 8.50. The first-order valence-corrected chi connectivity index (χ1v) is 10.6. The summed E-state index contributed by atoms with van der Waals surface area (Å²) in [6.45, 7) is 4.16. The number of hydrogen-bond donors (Lipinski definition) is 0. The largest absolute Gasteiger partial charge is 0.462 e. The summed E-state index contributed by atoms with van der Waals surface area (Å²) in [5, 5.41) is 9.17. The summed E-state index contributed by atoms with van der Waals surface area (Å²) >= 11 is 0. The van der Waals surface area contributed by atoms with Gasteiger partial charge >= 0.3 is 6.01 Å². The number of rotatable bonds is 5. The molecule has 4 rings (SSSR count). The van der Waals surface area contributed by atoms with Crippen molar-refractivity contribution in [3.8, 4) is 12.1 Å². The Hall–Kier alpha value is -2.24. The van der Waals surface area contributed by atoms with Crippen LogP contribution in [0.1, 0.15) is 36.9 Å². The van der Waals surface area contributed by atoms with Crippen LogP contribution in [0, 0.1) is 11.3 Å². The highest BCUT2D eigenvalue weighted by atomic mass is 16.5. The zero-order valence-electron chi connectivity index (χ0n) is 17.4. The average Bonchev–Trinajstić information content (AvgIpc) is 3.12. The van der Waals surface area contributed by atoms with E-state index >= 15 is 0 Å². The Morgan fingerprint density at radius 2 is 1.97 bits per heavy atom. The number of carbonyl (C=O) groups excluding carboxylic acids is 1. The van der Waals surface area contributed by atoms with Crippen LogP contribution in [-0.2, 0) is 17.6 Å². The summed E-state index contributed by atoms with van der Waals surface area (Å²) in [4.78, 5) is 28.3. The summed E-state index contributed by atoms with van der Waals surface area (Å²) in [5.74, 6) is 1.12. The van der Waals surface area contributed by atoms with Gasteiger partial charge in [0.05, 0.1) is 18.2 Å². The van der Waals surface area contributed by atoms with Crippen LogP contribution in [0.4, 0.5) is 5.82 Å². The van der Waals surface area contributed by atoms with E-state index in [1.54, 1.807) is 0 Å². The van der Waals surface area contributed by atoms with Gasteiger partial charge in [-0.05, 0) is 39.9 Å². The van der Waals surface area contributed by atoms with Gasteiger partial charge < -0.3 is 14.5 Å². The van der Waals surface area contributed by atoms with Crippen molar-refractivity contribution >= 4 is 11.6 Å². The first-order valence-electron chi connectivity index (χ1n) is 10.6. The van der Waals surface area contributed by atoms with Crippen molar-refractivity contribution in [3.63, 3.8) is 0 Å². The minimum Gasteiger partial charge on any atom is -0.462 e. The Bertz CT molecular complexity index is 807. The van der Waals surface area contributed by atoms with Gasteiger partial charge in [0, 0.05) is 50.1 Å². The van der Waals surface area contributed by atoms with Crippen LogP contribution in [0.2, 0.25) is 0 Å². The van der Waals surface area contributed by atoms with Crippen molar-refractivity contribution in [1.82, 2.24) is 19.8 Å². The summed E-state index contributed by atoms with van der Waals surface area (Å²) in [7, 11) is 4.19. The van der Waals surface area contributed by atoms with E-state index < -0.39 is 0 Å². The zero-order valence-corrected chi connectivity index (χ0v) is 17.4. The van der Waals surface area contributed by atoms with Gasteiger partial charge in [-0.3, -0.25) is 9.69 Å². The monoisotopic (exact) mass is 398 g/mol. The molecule has 3 heterocycles. The Morgan fingerprint density at radius 1 is 1.14 bits per heavy atom. The lowest BCUT2D eigenvalue weighted by molar-refractivity contribution is -0.118. The smallest absolute Gasteiger partial charge is 0.318 e. The zero-order chi connectivity index (χ0) is 20.4. The molecule has 0 bridgehead atoms. The molecule has 156 valence electrons. The van der Waals surface area contributed by atoms with E-state index in [-0.39, 0.29) is 11.8 Å². The molecule has 0 aromatic carbocycles. The maximum atomic E-state index is 12.1. The molecule has 0 radical (unpaired) electrons. The predicted molar refractivity (Wildman–Crippen MR) is 109 cm³/mol. The molecule has 0 unspecified atom stereocenters. The molecule has 29 heavy (non-hydrogen) atoms. The molecular formula is C21H30N6O2. The highest BCUT2D eigenvalue weighted by molar-refractivity contribution is 5.83. The summed E-state index contributed by atoms with van der Waals surface area (Å²) < 4.78 is 6.02.